The van der Waals surface area contributed by atoms with E-state index < -0.39 is 0 Å². The zero-order chi connectivity index (χ0) is 22.1. The van der Waals surface area contributed by atoms with Crippen molar-refractivity contribution in [3.63, 3.8) is 0 Å². The minimum atomic E-state index is -0.0930. The van der Waals surface area contributed by atoms with Gasteiger partial charge in [-0.15, -0.1) is 11.3 Å². The SMILES string of the molecule is CCc1c(C)sc2c1CCN(C(=O)Nc1cc(C)cc(C)c1)[C@H]2c1ccc(OC)cc1. The van der Waals surface area contributed by atoms with Crippen molar-refractivity contribution in [1.82, 2.24) is 4.90 Å². The molecule has 1 aromatic heterocycles. The van der Waals surface area contributed by atoms with Gasteiger partial charge in [0, 0.05) is 22.0 Å². The lowest BCUT2D eigenvalue weighted by Crippen LogP contribution is -2.42. The normalized spacial score (nSPS) is 15.5. The second kappa shape index (κ2) is 8.75. The van der Waals surface area contributed by atoms with Crippen LogP contribution >= 0.6 is 11.3 Å². The fourth-order valence-electron chi connectivity index (χ4n) is 4.69. The van der Waals surface area contributed by atoms with Gasteiger partial charge in [-0.2, -0.15) is 0 Å². The Bertz CT molecular complexity index is 1080. The molecule has 2 aromatic carbocycles. The molecule has 0 aliphatic carbocycles. The highest BCUT2D eigenvalue weighted by Gasteiger charge is 2.35. The van der Waals surface area contributed by atoms with E-state index in [0.717, 1.165) is 41.0 Å². The summed E-state index contributed by atoms with van der Waals surface area (Å²) >= 11 is 1.83. The van der Waals surface area contributed by atoms with Crippen LogP contribution in [0.25, 0.3) is 0 Å². The van der Waals surface area contributed by atoms with Gasteiger partial charge in [-0.1, -0.05) is 25.1 Å². The summed E-state index contributed by atoms with van der Waals surface area (Å²) in [5.41, 5.74) is 7.13. The fraction of sp³-hybridized carbons (Fsp3) is 0.346. The van der Waals surface area contributed by atoms with Crippen LogP contribution in [0.5, 0.6) is 5.75 Å². The largest absolute Gasteiger partial charge is 0.497 e. The van der Waals surface area contributed by atoms with Crippen molar-refractivity contribution in [2.75, 3.05) is 19.0 Å². The average Bonchev–Trinajstić information content (AvgIpc) is 3.07. The molecule has 4 nitrogen and oxygen atoms in total. The predicted octanol–water partition coefficient (Wildman–Crippen LogP) is 6.42. The van der Waals surface area contributed by atoms with Gasteiger partial charge in [0.1, 0.15) is 5.75 Å². The number of benzene rings is 2. The van der Waals surface area contributed by atoms with E-state index in [1.54, 1.807) is 7.11 Å². The Morgan fingerprint density at radius 1 is 1.13 bits per heavy atom. The number of nitrogens with one attached hydrogen (secondary N) is 1. The van der Waals surface area contributed by atoms with Crippen molar-refractivity contribution in [3.05, 3.63) is 80.0 Å². The first-order chi connectivity index (χ1) is 14.9. The van der Waals surface area contributed by atoms with Gasteiger partial charge < -0.3 is 15.0 Å². The Labute approximate surface area is 188 Å². The molecule has 2 heterocycles. The Morgan fingerprint density at radius 3 is 2.42 bits per heavy atom. The number of hydrogen-bond donors (Lipinski definition) is 1. The molecule has 2 amide bonds. The number of amides is 2. The minimum absolute atomic E-state index is 0.0550. The summed E-state index contributed by atoms with van der Waals surface area (Å²) in [6.45, 7) is 9.22. The highest BCUT2D eigenvalue weighted by Crippen LogP contribution is 2.43. The molecule has 4 rings (SSSR count). The van der Waals surface area contributed by atoms with Crippen molar-refractivity contribution in [3.8, 4) is 5.75 Å². The van der Waals surface area contributed by atoms with Crippen LogP contribution in [0.15, 0.2) is 42.5 Å². The molecule has 1 atom stereocenters. The summed E-state index contributed by atoms with van der Waals surface area (Å²) in [7, 11) is 1.67. The quantitative estimate of drug-likeness (QED) is 0.514. The molecule has 0 saturated heterocycles. The number of rotatable bonds is 4. The molecule has 31 heavy (non-hydrogen) atoms. The molecule has 1 aliphatic rings. The molecule has 0 saturated carbocycles. The van der Waals surface area contributed by atoms with E-state index in [0.29, 0.717) is 6.54 Å². The zero-order valence-electron chi connectivity index (χ0n) is 18.9. The van der Waals surface area contributed by atoms with Gasteiger partial charge in [-0.3, -0.25) is 0 Å². The predicted molar refractivity (Wildman–Crippen MR) is 129 cm³/mol. The molecule has 1 aliphatic heterocycles. The van der Waals surface area contributed by atoms with E-state index in [9.17, 15) is 4.79 Å². The summed E-state index contributed by atoms with van der Waals surface area (Å²) in [6.07, 6.45) is 1.93. The number of anilines is 1. The molecule has 0 bridgehead atoms. The maximum atomic E-state index is 13.5. The van der Waals surface area contributed by atoms with E-state index in [2.05, 4.69) is 51.2 Å². The van der Waals surface area contributed by atoms with E-state index in [-0.39, 0.29) is 12.1 Å². The average molecular weight is 435 g/mol. The monoisotopic (exact) mass is 434 g/mol. The lowest BCUT2D eigenvalue weighted by atomic mass is 9.92. The third-order valence-electron chi connectivity index (χ3n) is 6.03. The Morgan fingerprint density at radius 2 is 1.81 bits per heavy atom. The van der Waals surface area contributed by atoms with Crippen LogP contribution < -0.4 is 10.1 Å². The van der Waals surface area contributed by atoms with Gasteiger partial charge in [-0.25, -0.2) is 4.79 Å². The van der Waals surface area contributed by atoms with Gasteiger partial charge in [0.2, 0.25) is 0 Å². The first-order valence-corrected chi connectivity index (χ1v) is 11.6. The Balaban J connectivity index is 1.73. The number of thiophene rings is 1. The maximum absolute atomic E-state index is 13.5. The molecule has 0 spiro atoms. The van der Waals surface area contributed by atoms with Crippen LogP contribution in [0.2, 0.25) is 0 Å². The smallest absolute Gasteiger partial charge is 0.322 e. The van der Waals surface area contributed by atoms with Crippen LogP contribution in [0.4, 0.5) is 10.5 Å². The van der Waals surface area contributed by atoms with Crippen molar-refractivity contribution in [2.45, 2.75) is 46.6 Å². The van der Waals surface area contributed by atoms with Gasteiger partial charge >= 0.3 is 6.03 Å². The van der Waals surface area contributed by atoms with E-state index in [1.807, 2.05) is 40.5 Å². The van der Waals surface area contributed by atoms with Crippen LogP contribution in [0.1, 0.15) is 50.5 Å². The number of carbonyl (C=O) groups is 1. The Kier molecular flexibility index (Phi) is 6.05. The molecule has 162 valence electrons. The standard InChI is InChI=1S/C26H30N2O2S/c1-6-22-18(4)31-25-23(22)11-12-28(24(25)19-7-9-21(30-5)10-8-19)26(29)27-20-14-16(2)13-17(3)15-20/h7-10,13-15,24H,6,11-12H2,1-5H3,(H,27,29)/t24-/m0/s1. The number of fused-ring (bicyclic) bond motifs is 1. The number of hydrogen-bond acceptors (Lipinski definition) is 3. The van der Waals surface area contributed by atoms with Crippen LogP contribution in [0, 0.1) is 20.8 Å². The summed E-state index contributed by atoms with van der Waals surface area (Å²) in [5, 5.41) is 3.15. The van der Waals surface area contributed by atoms with Crippen molar-refractivity contribution in [2.24, 2.45) is 0 Å². The Hall–Kier alpha value is -2.79. The van der Waals surface area contributed by atoms with Crippen molar-refractivity contribution >= 4 is 23.1 Å². The minimum Gasteiger partial charge on any atom is -0.497 e. The third kappa shape index (κ3) is 4.19. The maximum Gasteiger partial charge on any atom is 0.322 e. The lowest BCUT2D eigenvalue weighted by Gasteiger charge is -2.36. The van der Waals surface area contributed by atoms with Gasteiger partial charge in [0.25, 0.3) is 0 Å². The first-order valence-electron chi connectivity index (χ1n) is 10.8. The second-order valence-electron chi connectivity index (χ2n) is 8.26. The number of nitrogens with zero attached hydrogens (tertiary/aromatic N) is 1. The summed E-state index contributed by atoms with van der Waals surface area (Å²) < 4.78 is 5.35. The molecule has 5 heteroatoms. The molecular weight excluding hydrogens is 404 g/mol. The number of aryl methyl sites for hydroxylation is 3. The summed E-state index contributed by atoms with van der Waals surface area (Å²) in [6, 6.07) is 14.1. The van der Waals surface area contributed by atoms with Gasteiger partial charge in [0.15, 0.2) is 0 Å². The van der Waals surface area contributed by atoms with E-state index in [4.69, 9.17) is 4.74 Å². The highest BCUT2D eigenvalue weighted by molar-refractivity contribution is 7.12. The molecule has 0 unspecified atom stereocenters. The third-order valence-corrected chi connectivity index (χ3v) is 7.27. The highest BCUT2D eigenvalue weighted by atomic mass is 32.1. The van der Waals surface area contributed by atoms with E-state index >= 15 is 0 Å². The molecule has 3 aromatic rings. The summed E-state index contributed by atoms with van der Waals surface area (Å²) in [5.74, 6) is 0.822. The summed E-state index contributed by atoms with van der Waals surface area (Å²) in [4.78, 5) is 18.1. The van der Waals surface area contributed by atoms with Crippen LogP contribution in [-0.4, -0.2) is 24.6 Å². The van der Waals surface area contributed by atoms with Gasteiger partial charge in [0.05, 0.1) is 13.2 Å². The molecular formula is C26H30N2O2S. The molecule has 0 radical (unpaired) electrons. The lowest BCUT2D eigenvalue weighted by molar-refractivity contribution is 0.195. The molecule has 0 fully saturated rings. The van der Waals surface area contributed by atoms with Crippen LogP contribution in [0.3, 0.4) is 0 Å². The van der Waals surface area contributed by atoms with Crippen molar-refractivity contribution in [1.29, 1.82) is 0 Å². The fourth-order valence-corrected chi connectivity index (χ4v) is 6.13. The number of ether oxygens (including phenoxy) is 1. The number of methoxy groups -OCH3 is 1. The number of carbonyl (C=O) groups excluding carboxylic acids is 1. The second-order valence-corrected chi connectivity index (χ2v) is 9.52. The zero-order valence-corrected chi connectivity index (χ0v) is 19.7. The first kappa shape index (κ1) is 21.4. The van der Waals surface area contributed by atoms with E-state index in [1.165, 1.54) is 20.9 Å². The van der Waals surface area contributed by atoms with Crippen molar-refractivity contribution < 1.29 is 9.53 Å². The topological polar surface area (TPSA) is 41.6 Å². The van der Waals surface area contributed by atoms with Crippen LogP contribution in [-0.2, 0) is 12.8 Å². The van der Waals surface area contributed by atoms with Gasteiger partial charge in [-0.05, 0) is 85.7 Å². The molecule has 1 N–H and O–H groups in total. The number of urea groups is 1.